The maximum absolute atomic E-state index is 11.9. The number of carbonyl (C=O) groups is 3. The van der Waals surface area contributed by atoms with Gasteiger partial charge in [0.25, 0.3) is 0 Å². The van der Waals surface area contributed by atoms with Crippen LogP contribution in [0.2, 0.25) is 0 Å². The monoisotopic (exact) mass is 241 g/mol. The Balaban J connectivity index is 2.33. The molecule has 0 bridgehead atoms. The average Bonchev–Trinajstić information content (AvgIpc) is 2.66. The van der Waals surface area contributed by atoms with Crippen molar-refractivity contribution in [1.29, 1.82) is 0 Å². The number of piperidine rings is 1. The molecule has 2 fully saturated rings. The minimum Gasteiger partial charge on any atom is -0.479 e. The fraction of sp³-hybridized carbons (Fsp3) is 0.727. The second kappa shape index (κ2) is 4.10. The van der Waals surface area contributed by atoms with Crippen LogP contribution in [0.3, 0.4) is 0 Å². The van der Waals surface area contributed by atoms with Crippen LogP contribution >= 0.6 is 0 Å². The van der Waals surface area contributed by atoms with Crippen LogP contribution in [0.15, 0.2) is 0 Å². The Labute approximate surface area is 98.5 Å². The summed E-state index contributed by atoms with van der Waals surface area (Å²) in [5, 5.41) is 9.29. The minimum absolute atomic E-state index is 0.0144. The molecular formula is C11H15NO5. The Hall–Kier alpha value is -1.43. The van der Waals surface area contributed by atoms with E-state index in [4.69, 9.17) is 4.74 Å². The van der Waals surface area contributed by atoms with Gasteiger partial charge in [-0.3, -0.25) is 14.5 Å². The van der Waals surface area contributed by atoms with Crippen molar-refractivity contribution in [2.75, 3.05) is 13.2 Å². The summed E-state index contributed by atoms with van der Waals surface area (Å²) in [6.45, 7) is 1.97. The van der Waals surface area contributed by atoms with Crippen molar-refractivity contribution in [1.82, 2.24) is 4.90 Å². The summed E-state index contributed by atoms with van der Waals surface area (Å²) in [6.07, 6.45) is 0.621. The summed E-state index contributed by atoms with van der Waals surface area (Å²) in [7, 11) is 0. The predicted octanol–water partition coefficient (Wildman–Crippen LogP) is 0.0152. The summed E-state index contributed by atoms with van der Waals surface area (Å²) < 4.78 is 5.07. The van der Waals surface area contributed by atoms with Crippen molar-refractivity contribution in [2.24, 2.45) is 5.92 Å². The number of ether oxygens (including phenoxy) is 1. The number of nitrogens with zero attached hydrogens (tertiary/aromatic N) is 1. The Bertz CT molecular complexity index is 354. The molecule has 0 saturated carbocycles. The Morgan fingerprint density at radius 1 is 1.41 bits per heavy atom. The number of amides is 2. The highest BCUT2D eigenvalue weighted by Gasteiger charge is 2.53. The molecule has 1 N–H and O–H groups in total. The van der Waals surface area contributed by atoms with Crippen LogP contribution in [0.4, 0.5) is 0 Å². The zero-order chi connectivity index (χ0) is 12.6. The lowest BCUT2D eigenvalue weighted by Gasteiger charge is -2.38. The zero-order valence-corrected chi connectivity index (χ0v) is 9.64. The number of carboxylic acid groups (broad SMARTS) is 1. The first-order valence-corrected chi connectivity index (χ1v) is 5.64. The van der Waals surface area contributed by atoms with Gasteiger partial charge in [0.15, 0.2) is 5.54 Å². The number of likely N-dealkylation sites (tertiary alicyclic amines) is 1. The van der Waals surface area contributed by atoms with E-state index >= 15 is 0 Å². The number of imide groups is 1. The highest BCUT2D eigenvalue weighted by Crippen LogP contribution is 2.32. The number of carboxylic acids is 1. The SMILES string of the molecule is CC1CC(=O)N(C2(C(=O)O)CCOC2)C(=O)C1. The molecule has 2 heterocycles. The van der Waals surface area contributed by atoms with E-state index < -0.39 is 23.3 Å². The molecule has 0 aromatic heterocycles. The van der Waals surface area contributed by atoms with Crippen LogP contribution in [-0.4, -0.2) is 46.5 Å². The average molecular weight is 241 g/mol. The fourth-order valence-corrected chi connectivity index (χ4v) is 2.46. The lowest BCUT2D eigenvalue weighted by Crippen LogP contribution is -2.62. The first-order chi connectivity index (χ1) is 7.97. The van der Waals surface area contributed by atoms with E-state index in [9.17, 15) is 19.5 Å². The van der Waals surface area contributed by atoms with Gasteiger partial charge in [-0.1, -0.05) is 6.92 Å². The van der Waals surface area contributed by atoms with Crippen LogP contribution in [0.5, 0.6) is 0 Å². The summed E-state index contributed by atoms with van der Waals surface area (Å²) >= 11 is 0. The summed E-state index contributed by atoms with van der Waals surface area (Å²) in [5.74, 6) is -1.98. The van der Waals surface area contributed by atoms with E-state index in [1.807, 2.05) is 6.92 Å². The smallest absolute Gasteiger partial charge is 0.332 e. The first-order valence-electron chi connectivity index (χ1n) is 5.64. The zero-order valence-electron chi connectivity index (χ0n) is 9.64. The topological polar surface area (TPSA) is 83.9 Å². The third-order valence-corrected chi connectivity index (χ3v) is 3.37. The predicted molar refractivity (Wildman–Crippen MR) is 56.1 cm³/mol. The van der Waals surface area contributed by atoms with E-state index in [0.717, 1.165) is 4.90 Å². The normalized spacial score (nSPS) is 31.0. The van der Waals surface area contributed by atoms with Gasteiger partial charge in [0.2, 0.25) is 11.8 Å². The van der Waals surface area contributed by atoms with Gasteiger partial charge in [0.1, 0.15) is 0 Å². The highest BCUT2D eigenvalue weighted by molar-refractivity contribution is 6.03. The Morgan fingerprint density at radius 3 is 2.41 bits per heavy atom. The molecule has 2 amide bonds. The minimum atomic E-state index is -1.48. The second-order valence-corrected chi connectivity index (χ2v) is 4.78. The molecule has 1 atom stereocenters. The lowest BCUT2D eigenvalue weighted by molar-refractivity contribution is -0.170. The third kappa shape index (κ3) is 1.82. The van der Waals surface area contributed by atoms with E-state index in [-0.39, 0.29) is 38.4 Å². The van der Waals surface area contributed by atoms with Crippen LogP contribution in [-0.2, 0) is 19.1 Å². The van der Waals surface area contributed by atoms with Gasteiger partial charge in [0, 0.05) is 25.9 Å². The van der Waals surface area contributed by atoms with E-state index in [1.54, 1.807) is 0 Å². The second-order valence-electron chi connectivity index (χ2n) is 4.78. The van der Waals surface area contributed by atoms with Crippen molar-refractivity contribution >= 4 is 17.8 Å². The Kier molecular flexibility index (Phi) is 2.91. The molecule has 0 aromatic rings. The van der Waals surface area contributed by atoms with Crippen LogP contribution < -0.4 is 0 Å². The summed E-state index contributed by atoms with van der Waals surface area (Å²) in [6, 6.07) is 0. The lowest BCUT2D eigenvalue weighted by atomic mass is 9.89. The number of carbonyl (C=O) groups excluding carboxylic acids is 2. The van der Waals surface area contributed by atoms with Gasteiger partial charge >= 0.3 is 5.97 Å². The van der Waals surface area contributed by atoms with E-state index in [1.165, 1.54) is 0 Å². The number of aliphatic carboxylic acids is 1. The molecule has 94 valence electrons. The van der Waals surface area contributed by atoms with Gasteiger partial charge in [-0.25, -0.2) is 4.79 Å². The Morgan fingerprint density at radius 2 is 2.00 bits per heavy atom. The molecule has 2 aliphatic heterocycles. The summed E-state index contributed by atoms with van der Waals surface area (Å²) in [5.41, 5.74) is -1.48. The van der Waals surface area contributed by atoms with Crippen LogP contribution in [0.25, 0.3) is 0 Å². The van der Waals surface area contributed by atoms with E-state index in [0.29, 0.717) is 0 Å². The van der Waals surface area contributed by atoms with Crippen molar-refractivity contribution in [3.05, 3.63) is 0 Å². The molecule has 0 aliphatic carbocycles. The molecule has 6 nitrogen and oxygen atoms in total. The van der Waals surface area contributed by atoms with Gasteiger partial charge in [-0.05, 0) is 5.92 Å². The third-order valence-electron chi connectivity index (χ3n) is 3.37. The maximum Gasteiger partial charge on any atom is 0.332 e. The van der Waals surface area contributed by atoms with Gasteiger partial charge in [-0.2, -0.15) is 0 Å². The fourth-order valence-electron chi connectivity index (χ4n) is 2.46. The standard InChI is InChI=1S/C11H15NO5/c1-7-4-8(13)12(9(14)5-7)11(10(15)16)2-3-17-6-11/h7H,2-6H2,1H3,(H,15,16). The molecule has 17 heavy (non-hydrogen) atoms. The quantitative estimate of drug-likeness (QED) is 0.689. The first kappa shape index (κ1) is 12.0. The molecule has 2 rings (SSSR count). The van der Waals surface area contributed by atoms with Gasteiger partial charge in [-0.15, -0.1) is 0 Å². The van der Waals surface area contributed by atoms with Crippen molar-refractivity contribution < 1.29 is 24.2 Å². The number of rotatable bonds is 2. The van der Waals surface area contributed by atoms with Crippen LogP contribution in [0.1, 0.15) is 26.2 Å². The molecule has 2 saturated heterocycles. The summed E-state index contributed by atoms with van der Waals surface area (Å²) in [4.78, 5) is 36.1. The molecule has 2 aliphatic rings. The largest absolute Gasteiger partial charge is 0.479 e. The molecule has 0 aromatic carbocycles. The highest BCUT2D eigenvalue weighted by atomic mass is 16.5. The molecular weight excluding hydrogens is 226 g/mol. The molecule has 0 spiro atoms. The number of hydrogen-bond acceptors (Lipinski definition) is 4. The maximum atomic E-state index is 11.9. The van der Waals surface area contributed by atoms with Crippen molar-refractivity contribution in [2.45, 2.75) is 31.7 Å². The molecule has 1 unspecified atom stereocenters. The van der Waals surface area contributed by atoms with Crippen LogP contribution in [0, 0.1) is 5.92 Å². The van der Waals surface area contributed by atoms with Gasteiger partial charge in [0.05, 0.1) is 6.61 Å². The van der Waals surface area contributed by atoms with Crippen molar-refractivity contribution in [3.8, 4) is 0 Å². The molecule has 0 radical (unpaired) electrons. The van der Waals surface area contributed by atoms with Gasteiger partial charge < -0.3 is 9.84 Å². The van der Waals surface area contributed by atoms with Crippen molar-refractivity contribution in [3.63, 3.8) is 0 Å². The van der Waals surface area contributed by atoms with E-state index in [2.05, 4.69) is 0 Å². The number of hydrogen-bond donors (Lipinski definition) is 1. The molecule has 6 heteroatoms.